The van der Waals surface area contributed by atoms with Crippen LogP contribution in [0.5, 0.6) is 0 Å². The molecule has 18 heavy (non-hydrogen) atoms. The van der Waals surface area contributed by atoms with Gasteiger partial charge in [-0.3, -0.25) is 0 Å². The summed E-state index contributed by atoms with van der Waals surface area (Å²) in [6.07, 6.45) is -2.73. The van der Waals surface area contributed by atoms with Gasteiger partial charge in [0.15, 0.2) is 0 Å². The van der Waals surface area contributed by atoms with E-state index >= 15 is 0 Å². The molecule has 0 amide bonds. The highest BCUT2D eigenvalue weighted by molar-refractivity contribution is 7.14. The Labute approximate surface area is 104 Å². The molecule has 0 radical (unpaired) electrons. The van der Waals surface area contributed by atoms with Gasteiger partial charge in [0.1, 0.15) is 5.51 Å². The normalized spacial score (nSPS) is 12.2. The first-order chi connectivity index (χ1) is 8.54. The predicted molar refractivity (Wildman–Crippen MR) is 61.3 cm³/mol. The van der Waals surface area contributed by atoms with Crippen molar-refractivity contribution in [2.45, 2.75) is 6.18 Å². The molecule has 2 aromatic heterocycles. The summed E-state index contributed by atoms with van der Waals surface area (Å²) in [5.41, 5.74) is 1.87. The third-order valence-electron chi connectivity index (χ3n) is 2.47. The average Bonchev–Trinajstić information content (AvgIpc) is 2.88. The zero-order chi connectivity index (χ0) is 12.8. The highest BCUT2D eigenvalue weighted by Crippen LogP contribution is 2.32. The van der Waals surface area contributed by atoms with Crippen molar-refractivity contribution in [3.63, 3.8) is 0 Å². The van der Waals surface area contributed by atoms with E-state index in [-0.39, 0.29) is 0 Å². The summed E-state index contributed by atoms with van der Waals surface area (Å²) in [6, 6.07) is 5.10. The van der Waals surface area contributed by atoms with Gasteiger partial charge >= 0.3 is 6.18 Å². The van der Waals surface area contributed by atoms with E-state index in [4.69, 9.17) is 0 Å². The van der Waals surface area contributed by atoms with Crippen LogP contribution in [-0.4, -0.2) is 14.6 Å². The van der Waals surface area contributed by atoms with Crippen LogP contribution in [0.3, 0.4) is 0 Å². The van der Waals surface area contributed by atoms with Gasteiger partial charge in [0.2, 0.25) is 4.96 Å². The monoisotopic (exact) mass is 269 g/mol. The molecule has 0 spiro atoms. The SMILES string of the molecule is FC(F)(F)c1cccc(-c2cn3ncsc3n2)c1. The summed E-state index contributed by atoms with van der Waals surface area (Å²) in [5, 5.41) is 3.99. The summed E-state index contributed by atoms with van der Waals surface area (Å²) in [6.45, 7) is 0. The van der Waals surface area contributed by atoms with Crippen LogP contribution in [0.2, 0.25) is 0 Å². The smallest absolute Gasteiger partial charge is 0.217 e. The highest BCUT2D eigenvalue weighted by atomic mass is 32.1. The van der Waals surface area contributed by atoms with Gasteiger partial charge in [0.25, 0.3) is 0 Å². The molecule has 3 nitrogen and oxygen atoms in total. The molecule has 0 saturated heterocycles. The maximum Gasteiger partial charge on any atom is 0.416 e. The van der Waals surface area contributed by atoms with Crippen LogP contribution in [-0.2, 0) is 6.18 Å². The Morgan fingerprint density at radius 1 is 1.22 bits per heavy atom. The van der Waals surface area contributed by atoms with Crippen LogP contribution in [0.4, 0.5) is 13.2 Å². The molecule has 0 aliphatic heterocycles. The summed E-state index contributed by atoms with van der Waals surface area (Å²) in [5.74, 6) is 0. The minimum absolute atomic E-state index is 0.433. The molecule has 3 rings (SSSR count). The molecule has 92 valence electrons. The molecule has 0 unspecified atom stereocenters. The van der Waals surface area contributed by atoms with Crippen molar-refractivity contribution in [1.82, 2.24) is 14.6 Å². The van der Waals surface area contributed by atoms with Gasteiger partial charge in [-0.15, -0.1) is 0 Å². The molecular weight excluding hydrogens is 263 g/mol. The number of nitrogens with zero attached hydrogens (tertiary/aromatic N) is 3. The van der Waals surface area contributed by atoms with Gasteiger partial charge in [-0.1, -0.05) is 23.5 Å². The zero-order valence-electron chi connectivity index (χ0n) is 8.85. The number of aromatic nitrogens is 3. The Balaban J connectivity index is 2.09. The Hall–Kier alpha value is -1.89. The van der Waals surface area contributed by atoms with E-state index in [0.29, 0.717) is 16.2 Å². The van der Waals surface area contributed by atoms with Gasteiger partial charge in [0.05, 0.1) is 17.5 Å². The molecule has 1 aromatic carbocycles. The zero-order valence-corrected chi connectivity index (χ0v) is 9.66. The first kappa shape index (κ1) is 11.2. The third-order valence-corrected chi connectivity index (χ3v) is 3.16. The lowest BCUT2D eigenvalue weighted by atomic mass is 10.1. The molecule has 0 saturated carbocycles. The van der Waals surface area contributed by atoms with E-state index in [1.54, 1.807) is 22.3 Å². The second-order valence-corrected chi connectivity index (χ2v) is 4.48. The van der Waals surface area contributed by atoms with Crippen LogP contribution >= 0.6 is 11.3 Å². The lowest BCUT2D eigenvalue weighted by Crippen LogP contribution is -2.04. The van der Waals surface area contributed by atoms with Gasteiger partial charge in [-0.2, -0.15) is 18.3 Å². The predicted octanol–water partition coefficient (Wildman–Crippen LogP) is 3.48. The standard InChI is InChI=1S/C11H6F3N3S/c12-11(13,14)8-3-1-2-7(4-8)9-5-17-10(16-9)18-6-15-17/h1-6H. The van der Waals surface area contributed by atoms with Crippen molar-refractivity contribution in [2.75, 3.05) is 0 Å². The molecule has 3 aromatic rings. The van der Waals surface area contributed by atoms with E-state index < -0.39 is 11.7 Å². The van der Waals surface area contributed by atoms with E-state index in [1.165, 1.54) is 17.4 Å². The Kier molecular flexibility index (Phi) is 2.37. The molecule has 0 fully saturated rings. The Bertz CT molecular complexity index is 670. The fourth-order valence-corrected chi connectivity index (χ4v) is 2.23. The molecule has 2 heterocycles. The minimum Gasteiger partial charge on any atom is -0.217 e. The van der Waals surface area contributed by atoms with Crippen LogP contribution in [0, 0.1) is 0 Å². The number of hydrogen-bond donors (Lipinski definition) is 0. The third kappa shape index (κ3) is 1.86. The van der Waals surface area contributed by atoms with Crippen LogP contribution in [0.15, 0.2) is 36.0 Å². The second-order valence-electron chi connectivity index (χ2n) is 3.67. The van der Waals surface area contributed by atoms with Crippen molar-refractivity contribution in [2.24, 2.45) is 0 Å². The number of hydrogen-bond acceptors (Lipinski definition) is 3. The van der Waals surface area contributed by atoms with E-state index in [9.17, 15) is 13.2 Å². The molecular formula is C11H6F3N3S. The summed E-state index contributed by atoms with van der Waals surface area (Å²) in [7, 11) is 0. The van der Waals surface area contributed by atoms with Gasteiger partial charge in [-0.05, 0) is 12.1 Å². The number of halogens is 3. The second kappa shape index (κ2) is 3.81. The van der Waals surface area contributed by atoms with Crippen LogP contribution < -0.4 is 0 Å². The largest absolute Gasteiger partial charge is 0.416 e. The average molecular weight is 269 g/mol. The highest BCUT2D eigenvalue weighted by Gasteiger charge is 2.30. The quantitative estimate of drug-likeness (QED) is 0.677. The van der Waals surface area contributed by atoms with E-state index in [0.717, 1.165) is 12.1 Å². The summed E-state index contributed by atoms with van der Waals surface area (Å²) >= 11 is 1.33. The van der Waals surface area contributed by atoms with Gasteiger partial charge in [-0.25, -0.2) is 9.50 Å². The fourth-order valence-electron chi connectivity index (χ4n) is 1.63. The minimum atomic E-state index is -4.34. The van der Waals surface area contributed by atoms with Crippen molar-refractivity contribution >= 4 is 16.3 Å². The van der Waals surface area contributed by atoms with Crippen LogP contribution in [0.25, 0.3) is 16.2 Å². The Morgan fingerprint density at radius 2 is 2.06 bits per heavy atom. The molecule has 7 heteroatoms. The summed E-state index contributed by atoms with van der Waals surface area (Å²) < 4.78 is 39.3. The van der Waals surface area contributed by atoms with Crippen molar-refractivity contribution in [3.05, 3.63) is 41.5 Å². The lowest BCUT2D eigenvalue weighted by Gasteiger charge is -2.07. The molecule has 0 aliphatic carbocycles. The first-order valence-electron chi connectivity index (χ1n) is 5.00. The fraction of sp³-hybridized carbons (Fsp3) is 0.0909. The van der Waals surface area contributed by atoms with Crippen molar-refractivity contribution < 1.29 is 13.2 Å². The van der Waals surface area contributed by atoms with Gasteiger partial charge < -0.3 is 0 Å². The molecule has 0 bridgehead atoms. The first-order valence-corrected chi connectivity index (χ1v) is 5.88. The molecule has 0 aliphatic rings. The lowest BCUT2D eigenvalue weighted by molar-refractivity contribution is -0.137. The molecule has 0 N–H and O–H groups in total. The number of rotatable bonds is 1. The van der Waals surface area contributed by atoms with E-state index in [2.05, 4.69) is 10.1 Å². The topological polar surface area (TPSA) is 30.2 Å². The number of alkyl halides is 3. The van der Waals surface area contributed by atoms with Crippen LogP contribution in [0.1, 0.15) is 5.56 Å². The maximum atomic E-state index is 12.6. The Morgan fingerprint density at radius 3 is 2.78 bits per heavy atom. The van der Waals surface area contributed by atoms with Crippen molar-refractivity contribution in [1.29, 1.82) is 0 Å². The summed E-state index contributed by atoms with van der Waals surface area (Å²) in [4.78, 5) is 4.87. The van der Waals surface area contributed by atoms with Gasteiger partial charge in [0, 0.05) is 5.56 Å². The molecule has 0 atom stereocenters. The maximum absolute atomic E-state index is 12.6. The van der Waals surface area contributed by atoms with E-state index in [1.807, 2.05) is 0 Å². The number of benzene rings is 1. The number of imidazole rings is 1. The van der Waals surface area contributed by atoms with Crippen molar-refractivity contribution in [3.8, 4) is 11.3 Å². The number of fused-ring (bicyclic) bond motifs is 1.